The van der Waals surface area contributed by atoms with Crippen LogP contribution in [0.3, 0.4) is 0 Å². The average molecular weight is 164 g/mol. The van der Waals surface area contributed by atoms with Crippen molar-refractivity contribution in [1.29, 1.82) is 0 Å². The highest BCUT2D eigenvalue weighted by Gasteiger charge is 2.29. The average Bonchev–Trinajstić information content (AvgIpc) is 2.50. The topological polar surface area (TPSA) is 34.9 Å². The summed E-state index contributed by atoms with van der Waals surface area (Å²) in [5, 5.41) is 0. The van der Waals surface area contributed by atoms with Crippen LogP contribution in [0.5, 0.6) is 0 Å². The number of rotatable bonds is 2. The number of aromatic nitrogens is 2. The third kappa shape index (κ3) is 0.967. The normalized spacial score (nSPS) is 28.1. The van der Waals surface area contributed by atoms with Crippen molar-refractivity contribution >= 4 is 6.29 Å². The van der Waals surface area contributed by atoms with Crippen LogP contribution in [0, 0.1) is 5.92 Å². The molecule has 2 atom stereocenters. The summed E-state index contributed by atoms with van der Waals surface area (Å²) in [6.45, 7) is 2.21. The van der Waals surface area contributed by atoms with Crippen LogP contribution >= 0.6 is 0 Å². The van der Waals surface area contributed by atoms with Crippen LogP contribution in [0.1, 0.15) is 36.3 Å². The summed E-state index contributed by atoms with van der Waals surface area (Å²) >= 11 is 0. The van der Waals surface area contributed by atoms with Gasteiger partial charge in [-0.3, -0.25) is 4.79 Å². The van der Waals surface area contributed by atoms with Crippen molar-refractivity contribution in [2.24, 2.45) is 5.92 Å². The highest BCUT2D eigenvalue weighted by atomic mass is 16.1. The van der Waals surface area contributed by atoms with Gasteiger partial charge in [0.1, 0.15) is 5.69 Å². The zero-order valence-corrected chi connectivity index (χ0v) is 7.10. The Morgan fingerprint density at radius 2 is 2.50 bits per heavy atom. The lowest BCUT2D eigenvalue weighted by atomic mass is 9.81. The van der Waals surface area contributed by atoms with Gasteiger partial charge in [-0.2, -0.15) is 0 Å². The molecule has 12 heavy (non-hydrogen) atoms. The highest BCUT2D eigenvalue weighted by molar-refractivity contribution is 5.71. The van der Waals surface area contributed by atoms with Crippen LogP contribution in [0.15, 0.2) is 12.5 Å². The molecule has 0 bridgehead atoms. The third-order valence-corrected chi connectivity index (χ3v) is 2.75. The van der Waals surface area contributed by atoms with E-state index in [1.165, 1.54) is 12.8 Å². The number of carbonyl (C=O) groups is 1. The molecule has 3 nitrogen and oxygen atoms in total. The van der Waals surface area contributed by atoms with Crippen molar-refractivity contribution in [3.63, 3.8) is 0 Å². The largest absolute Gasteiger partial charge is 0.325 e. The lowest BCUT2D eigenvalue weighted by Crippen LogP contribution is -2.27. The van der Waals surface area contributed by atoms with Gasteiger partial charge in [-0.25, -0.2) is 4.98 Å². The SMILES string of the molecule is CC1CCC1n1cncc1C=O. The lowest BCUT2D eigenvalue weighted by molar-refractivity contribution is 0.110. The van der Waals surface area contributed by atoms with Gasteiger partial charge in [0.15, 0.2) is 6.29 Å². The Balaban J connectivity index is 2.26. The molecule has 1 aliphatic rings. The minimum absolute atomic E-state index is 0.507. The maximum absolute atomic E-state index is 10.6. The second kappa shape index (κ2) is 2.73. The van der Waals surface area contributed by atoms with Gasteiger partial charge in [0.25, 0.3) is 0 Å². The van der Waals surface area contributed by atoms with Gasteiger partial charge in [0, 0.05) is 6.04 Å². The van der Waals surface area contributed by atoms with Crippen LogP contribution in [0.25, 0.3) is 0 Å². The molecule has 0 aliphatic heterocycles. The van der Waals surface area contributed by atoms with E-state index >= 15 is 0 Å². The summed E-state index contributed by atoms with van der Waals surface area (Å²) in [5.41, 5.74) is 0.701. The van der Waals surface area contributed by atoms with Crippen molar-refractivity contribution in [3.05, 3.63) is 18.2 Å². The first-order valence-corrected chi connectivity index (χ1v) is 4.30. The van der Waals surface area contributed by atoms with Crippen LogP contribution in [0.2, 0.25) is 0 Å². The number of nitrogens with zero attached hydrogens (tertiary/aromatic N) is 2. The molecule has 0 spiro atoms. The first-order valence-electron chi connectivity index (χ1n) is 4.30. The van der Waals surface area contributed by atoms with E-state index in [2.05, 4.69) is 11.9 Å². The summed E-state index contributed by atoms with van der Waals surface area (Å²) in [6, 6.07) is 0.507. The molecule has 2 unspecified atom stereocenters. The Hall–Kier alpha value is -1.12. The molecule has 1 aliphatic carbocycles. The number of aldehydes is 1. The van der Waals surface area contributed by atoms with Crippen molar-refractivity contribution in [1.82, 2.24) is 9.55 Å². The molecule has 0 saturated heterocycles. The van der Waals surface area contributed by atoms with Gasteiger partial charge >= 0.3 is 0 Å². The van der Waals surface area contributed by atoms with Gasteiger partial charge in [0.05, 0.1) is 12.5 Å². The minimum Gasteiger partial charge on any atom is -0.325 e. The van der Waals surface area contributed by atoms with Crippen LogP contribution in [0.4, 0.5) is 0 Å². The molecule has 1 aromatic heterocycles. The van der Waals surface area contributed by atoms with Crippen molar-refractivity contribution < 1.29 is 4.79 Å². The van der Waals surface area contributed by atoms with E-state index in [0.29, 0.717) is 17.7 Å². The summed E-state index contributed by atoms with van der Waals surface area (Å²) < 4.78 is 1.99. The van der Waals surface area contributed by atoms with Crippen molar-refractivity contribution in [2.75, 3.05) is 0 Å². The molecule has 0 N–H and O–H groups in total. The molecule has 0 radical (unpaired) electrons. The molecular formula is C9H12N2O. The first kappa shape index (κ1) is 7.53. The Morgan fingerprint density at radius 1 is 1.67 bits per heavy atom. The molecule has 1 saturated carbocycles. The maximum atomic E-state index is 10.6. The van der Waals surface area contributed by atoms with Crippen LogP contribution in [-0.2, 0) is 0 Å². The van der Waals surface area contributed by atoms with Crippen molar-refractivity contribution in [3.8, 4) is 0 Å². The fraction of sp³-hybridized carbons (Fsp3) is 0.556. The van der Waals surface area contributed by atoms with Gasteiger partial charge in [-0.1, -0.05) is 6.92 Å². The van der Waals surface area contributed by atoms with E-state index in [0.717, 1.165) is 6.29 Å². The van der Waals surface area contributed by atoms with E-state index < -0.39 is 0 Å². The van der Waals surface area contributed by atoms with E-state index in [1.807, 2.05) is 4.57 Å². The lowest BCUT2D eigenvalue weighted by Gasteiger charge is -2.35. The standard InChI is InChI=1S/C9H12N2O/c1-7-2-3-9(7)11-6-10-4-8(11)5-12/h4-7,9H,2-3H2,1H3. The Bertz CT molecular complexity index is 292. The predicted octanol–water partition coefficient (Wildman–Crippen LogP) is 1.67. The Morgan fingerprint density at radius 3 is 3.00 bits per heavy atom. The molecule has 1 heterocycles. The van der Waals surface area contributed by atoms with E-state index in [-0.39, 0.29) is 0 Å². The number of hydrogen-bond donors (Lipinski definition) is 0. The zero-order chi connectivity index (χ0) is 8.55. The van der Waals surface area contributed by atoms with Gasteiger partial charge in [-0.05, 0) is 18.8 Å². The molecule has 0 amide bonds. The first-order chi connectivity index (χ1) is 5.83. The molecule has 1 fully saturated rings. The summed E-state index contributed by atoms with van der Waals surface area (Å²) in [6.07, 6.45) is 6.69. The van der Waals surface area contributed by atoms with E-state index in [4.69, 9.17) is 0 Å². The maximum Gasteiger partial charge on any atom is 0.168 e. The quantitative estimate of drug-likeness (QED) is 0.623. The van der Waals surface area contributed by atoms with Gasteiger partial charge in [0.2, 0.25) is 0 Å². The molecular weight excluding hydrogens is 152 g/mol. The second-order valence-electron chi connectivity index (χ2n) is 3.47. The minimum atomic E-state index is 0.507. The van der Waals surface area contributed by atoms with Crippen LogP contribution < -0.4 is 0 Å². The van der Waals surface area contributed by atoms with Gasteiger partial charge in [-0.15, -0.1) is 0 Å². The molecule has 1 aromatic rings. The third-order valence-electron chi connectivity index (χ3n) is 2.75. The van der Waals surface area contributed by atoms with E-state index in [1.54, 1.807) is 12.5 Å². The summed E-state index contributed by atoms with van der Waals surface area (Å²) in [4.78, 5) is 14.5. The Kier molecular flexibility index (Phi) is 1.71. The Labute approximate surface area is 71.4 Å². The monoisotopic (exact) mass is 164 g/mol. The number of hydrogen-bond acceptors (Lipinski definition) is 2. The fourth-order valence-electron chi connectivity index (χ4n) is 1.75. The van der Waals surface area contributed by atoms with Gasteiger partial charge < -0.3 is 4.57 Å². The van der Waals surface area contributed by atoms with Crippen molar-refractivity contribution in [2.45, 2.75) is 25.8 Å². The highest BCUT2D eigenvalue weighted by Crippen LogP contribution is 2.38. The molecule has 0 aromatic carbocycles. The zero-order valence-electron chi connectivity index (χ0n) is 7.10. The van der Waals surface area contributed by atoms with E-state index in [9.17, 15) is 4.79 Å². The number of imidazole rings is 1. The molecule has 64 valence electrons. The molecule has 2 rings (SSSR count). The molecule has 3 heteroatoms. The number of carbonyl (C=O) groups excluding carboxylic acids is 1. The second-order valence-corrected chi connectivity index (χ2v) is 3.47. The smallest absolute Gasteiger partial charge is 0.168 e. The summed E-state index contributed by atoms with van der Waals surface area (Å²) in [5.74, 6) is 0.692. The predicted molar refractivity (Wildman–Crippen MR) is 45.0 cm³/mol. The summed E-state index contributed by atoms with van der Waals surface area (Å²) in [7, 11) is 0. The fourth-order valence-corrected chi connectivity index (χ4v) is 1.75. The van der Waals surface area contributed by atoms with Crippen LogP contribution in [-0.4, -0.2) is 15.8 Å².